The van der Waals surface area contributed by atoms with Crippen LogP contribution in [0.3, 0.4) is 0 Å². The number of allylic oxidation sites excluding steroid dienone is 1. The van der Waals surface area contributed by atoms with E-state index >= 15 is 0 Å². The highest BCUT2D eigenvalue weighted by atomic mass is 16.6. The van der Waals surface area contributed by atoms with Crippen LogP contribution in [-0.4, -0.2) is 29.4 Å². The van der Waals surface area contributed by atoms with Crippen LogP contribution in [0.15, 0.2) is 72.8 Å². The van der Waals surface area contributed by atoms with Crippen molar-refractivity contribution in [3.05, 3.63) is 78.4 Å². The molecule has 1 amide bonds. The standard InChI is InChI=1S/C26H27NO6/c1-17(8-3-6-13-24(29)30)25(19-14-15-23(32-2)22(28)16-19)33-26(31)27-21-12-7-10-18-9-4-5-11-20(18)21/h4-7,9-17,25,28H,3,8H2,1-2H3,(H,27,31)(H,29,30)/b13-6+/t17-,25+/m1/s1. The molecule has 0 bridgehead atoms. The number of phenolic OH excluding ortho intramolecular Hbond substituents is 1. The van der Waals surface area contributed by atoms with E-state index in [-0.39, 0.29) is 11.7 Å². The van der Waals surface area contributed by atoms with E-state index in [1.165, 1.54) is 13.2 Å². The number of benzene rings is 3. The maximum atomic E-state index is 12.9. The molecule has 7 nitrogen and oxygen atoms in total. The molecule has 0 aromatic heterocycles. The molecule has 172 valence electrons. The van der Waals surface area contributed by atoms with Crippen LogP contribution < -0.4 is 10.1 Å². The van der Waals surface area contributed by atoms with E-state index in [9.17, 15) is 14.7 Å². The van der Waals surface area contributed by atoms with Crippen molar-refractivity contribution < 1.29 is 29.3 Å². The number of rotatable bonds is 9. The number of aliphatic carboxylic acids is 1. The highest BCUT2D eigenvalue weighted by molar-refractivity contribution is 6.00. The van der Waals surface area contributed by atoms with Gasteiger partial charge in [-0.15, -0.1) is 0 Å². The lowest BCUT2D eigenvalue weighted by Gasteiger charge is -2.25. The molecule has 0 aliphatic heterocycles. The van der Waals surface area contributed by atoms with Crippen molar-refractivity contribution in [2.45, 2.75) is 25.9 Å². The maximum absolute atomic E-state index is 12.9. The number of methoxy groups -OCH3 is 1. The molecule has 3 rings (SSSR count). The Labute approximate surface area is 192 Å². The van der Waals surface area contributed by atoms with Crippen molar-refractivity contribution in [2.24, 2.45) is 5.92 Å². The summed E-state index contributed by atoms with van der Waals surface area (Å²) in [6.45, 7) is 1.91. The number of carbonyl (C=O) groups excluding carboxylic acids is 1. The average molecular weight is 450 g/mol. The lowest BCUT2D eigenvalue weighted by Crippen LogP contribution is -2.22. The number of ether oxygens (including phenoxy) is 2. The summed E-state index contributed by atoms with van der Waals surface area (Å²) in [7, 11) is 1.46. The number of carboxylic acid groups (broad SMARTS) is 1. The van der Waals surface area contributed by atoms with Crippen molar-refractivity contribution in [3.63, 3.8) is 0 Å². The van der Waals surface area contributed by atoms with E-state index in [2.05, 4.69) is 5.32 Å². The Kier molecular flexibility index (Phi) is 7.91. The fourth-order valence-corrected chi connectivity index (χ4v) is 3.68. The summed E-state index contributed by atoms with van der Waals surface area (Å²) < 4.78 is 10.9. The SMILES string of the molecule is COc1ccc([C@@H](OC(=O)Nc2cccc3ccccc23)[C@H](C)CC/C=C/C(=O)O)cc1O. The van der Waals surface area contributed by atoms with Gasteiger partial charge in [0, 0.05) is 11.5 Å². The van der Waals surface area contributed by atoms with Crippen molar-refractivity contribution in [1.29, 1.82) is 0 Å². The van der Waals surface area contributed by atoms with Gasteiger partial charge in [-0.2, -0.15) is 0 Å². The summed E-state index contributed by atoms with van der Waals surface area (Å²) in [5, 5.41) is 23.7. The molecule has 0 aliphatic carbocycles. The van der Waals surface area contributed by atoms with Crippen LogP contribution in [0.5, 0.6) is 11.5 Å². The minimum absolute atomic E-state index is 0.0592. The first-order chi connectivity index (χ1) is 15.9. The first kappa shape index (κ1) is 23.7. The molecule has 0 unspecified atom stereocenters. The van der Waals surface area contributed by atoms with Crippen LogP contribution in [0.1, 0.15) is 31.4 Å². The summed E-state index contributed by atoms with van der Waals surface area (Å²) >= 11 is 0. The third-order valence-electron chi connectivity index (χ3n) is 5.36. The van der Waals surface area contributed by atoms with Crippen LogP contribution in [0.2, 0.25) is 0 Å². The molecular weight excluding hydrogens is 422 g/mol. The number of nitrogens with one attached hydrogen (secondary N) is 1. The number of aromatic hydroxyl groups is 1. The van der Waals surface area contributed by atoms with Gasteiger partial charge in [0.15, 0.2) is 11.5 Å². The molecule has 2 atom stereocenters. The van der Waals surface area contributed by atoms with Gasteiger partial charge in [-0.3, -0.25) is 5.32 Å². The molecule has 0 spiro atoms. The largest absolute Gasteiger partial charge is 0.504 e. The number of hydrogen-bond donors (Lipinski definition) is 3. The van der Waals surface area contributed by atoms with Crippen molar-refractivity contribution in [3.8, 4) is 11.5 Å². The Balaban J connectivity index is 1.81. The average Bonchev–Trinajstić information content (AvgIpc) is 2.80. The fraction of sp³-hybridized carbons (Fsp3) is 0.231. The van der Waals surface area contributed by atoms with E-state index in [1.54, 1.807) is 24.3 Å². The molecule has 0 saturated carbocycles. The number of amides is 1. The normalized spacial score (nSPS) is 12.9. The van der Waals surface area contributed by atoms with E-state index in [4.69, 9.17) is 14.6 Å². The topological polar surface area (TPSA) is 105 Å². The van der Waals surface area contributed by atoms with Crippen LogP contribution in [0.4, 0.5) is 10.5 Å². The molecule has 0 radical (unpaired) electrons. The third kappa shape index (κ3) is 6.26. The number of carboxylic acids is 1. The number of carbonyl (C=O) groups is 2. The van der Waals surface area contributed by atoms with E-state index in [0.717, 1.165) is 16.8 Å². The Morgan fingerprint density at radius 2 is 1.85 bits per heavy atom. The van der Waals surface area contributed by atoms with Gasteiger partial charge >= 0.3 is 12.1 Å². The molecule has 3 aromatic carbocycles. The molecule has 0 heterocycles. The Hall–Kier alpha value is -4.00. The first-order valence-corrected chi connectivity index (χ1v) is 10.6. The molecule has 0 aliphatic rings. The maximum Gasteiger partial charge on any atom is 0.412 e. The second kappa shape index (κ2) is 11.0. The van der Waals surface area contributed by atoms with Crippen LogP contribution in [0, 0.1) is 5.92 Å². The van der Waals surface area contributed by atoms with Gasteiger partial charge in [-0.1, -0.05) is 55.5 Å². The van der Waals surface area contributed by atoms with Crippen LogP contribution in [-0.2, 0) is 9.53 Å². The summed E-state index contributed by atoms with van der Waals surface area (Å²) in [4.78, 5) is 23.6. The molecule has 0 fully saturated rings. The predicted octanol–water partition coefficient (Wildman–Crippen LogP) is 5.90. The molecule has 33 heavy (non-hydrogen) atoms. The Morgan fingerprint density at radius 3 is 2.58 bits per heavy atom. The number of anilines is 1. The van der Waals surface area contributed by atoms with Crippen molar-refractivity contribution in [2.75, 3.05) is 12.4 Å². The molecule has 3 aromatic rings. The lowest BCUT2D eigenvalue weighted by atomic mass is 9.92. The van der Waals surface area contributed by atoms with Crippen LogP contribution in [0.25, 0.3) is 10.8 Å². The fourth-order valence-electron chi connectivity index (χ4n) is 3.68. The minimum atomic E-state index is -1.01. The van der Waals surface area contributed by atoms with E-state index in [1.807, 2.05) is 43.3 Å². The second-order valence-corrected chi connectivity index (χ2v) is 7.70. The second-order valence-electron chi connectivity index (χ2n) is 7.70. The van der Waals surface area contributed by atoms with Gasteiger partial charge in [-0.05, 0) is 47.9 Å². The molecule has 3 N–H and O–H groups in total. The van der Waals surface area contributed by atoms with E-state index in [0.29, 0.717) is 29.8 Å². The summed E-state index contributed by atoms with van der Waals surface area (Å²) in [5.74, 6) is -0.912. The lowest BCUT2D eigenvalue weighted by molar-refractivity contribution is -0.131. The zero-order valence-corrected chi connectivity index (χ0v) is 18.5. The monoisotopic (exact) mass is 449 g/mol. The first-order valence-electron chi connectivity index (χ1n) is 10.6. The molecular formula is C26H27NO6. The summed E-state index contributed by atoms with van der Waals surface area (Å²) in [5.41, 5.74) is 1.24. The van der Waals surface area contributed by atoms with Gasteiger partial charge in [0.2, 0.25) is 0 Å². The number of hydrogen-bond acceptors (Lipinski definition) is 5. The number of phenols is 1. The predicted molar refractivity (Wildman–Crippen MR) is 127 cm³/mol. The van der Waals surface area contributed by atoms with Crippen molar-refractivity contribution >= 4 is 28.5 Å². The molecule has 7 heteroatoms. The number of fused-ring (bicyclic) bond motifs is 1. The van der Waals surface area contributed by atoms with Gasteiger partial charge in [0.1, 0.15) is 6.10 Å². The van der Waals surface area contributed by atoms with Gasteiger partial charge in [0.05, 0.1) is 12.8 Å². The van der Waals surface area contributed by atoms with Gasteiger partial charge in [-0.25, -0.2) is 9.59 Å². The Morgan fingerprint density at radius 1 is 1.09 bits per heavy atom. The zero-order valence-electron chi connectivity index (χ0n) is 18.5. The third-order valence-corrected chi connectivity index (χ3v) is 5.36. The quantitative estimate of drug-likeness (QED) is 0.351. The van der Waals surface area contributed by atoms with E-state index < -0.39 is 18.2 Å². The van der Waals surface area contributed by atoms with Gasteiger partial charge in [0.25, 0.3) is 0 Å². The molecule has 0 saturated heterocycles. The minimum Gasteiger partial charge on any atom is -0.504 e. The highest BCUT2D eigenvalue weighted by Gasteiger charge is 2.25. The zero-order chi connectivity index (χ0) is 23.8. The van der Waals surface area contributed by atoms with Crippen LogP contribution >= 0.6 is 0 Å². The van der Waals surface area contributed by atoms with Gasteiger partial charge < -0.3 is 19.7 Å². The smallest absolute Gasteiger partial charge is 0.412 e. The van der Waals surface area contributed by atoms with Crippen molar-refractivity contribution in [1.82, 2.24) is 0 Å². The summed E-state index contributed by atoms with van der Waals surface area (Å²) in [6.07, 6.45) is 2.44. The highest BCUT2D eigenvalue weighted by Crippen LogP contribution is 2.35. The Bertz CT molecular complexity index is 1150. The summed E-state index contributed by atoms with van der Waals surface area (Å²) in [6, 6.07) is 18.2.